The van der Waals surface area contributed by atoms with Gasteiger partial charge in [0.25, 0.3) is 0 Å². The maximum absolute atomic E-state index is 11.0. The number of carbonyl (C=O) groups excluding carboxylic acids is 1. The van der Waals surface area contributed by atoms with E-state index in [0.717, 1.165) is 32.5 Å². The van der Waals surface area contributed by atoms with E-state index in [1.807, 2.05) is 0 Å². The van der Waals surface area contributed by atoms with Crippen LogP contribution in [-0.4, -0.2) is 39.8 Å². The Morgan fingerprint density at radius 3 is 2.62 bits per heavy atom. The fourth-order valence-electron chi connectivity index (χ4n) is 1.39. The van der Waals surface area contributed by atoms with Crippen molar-refractivity contribution in [2.24, 2.45) is 5.41 Å². The molecule has 0 spiro atoms. The molecule has 96 valence electrons. The molecule has 0 atom stereocenters. The quantitative estimate of drug-likeness (QED) is 0.585. The lowest BCUT2D eigenvalue weighted by molar-refractivity contribution is -0.120. The fraction of sp³-hybridized carbons (Fsp3) is 0.917. The molecular weight excluding hydrogens is 204 g/mol. The Balaban J connectivity index is 3.46. The second-order valence-corrected chi connectivity index (χ2v) is 4.86. The molecule has 0 unspecified atom stereocenters. The molecule has 0 aliphatic heterocycles. The van der Waals surface area contributed by atoms with E-state index in [1.165, 1.54) is 0 Å². The lowest BCUT2D eigenvalue weighted by Gasteiger charge is -2.24. The highest BCUT2D eigenvalue weighted by atomic mass is 16.5. The molecule has 0 saturated carbocycles. The Kier molecular flexibility index (Phi) is 8.21. The zero-order valence-electron chi connectivity index (χ0n) is 11.1. The van der Waals surface area contributed by atoms with Crippen LogP contribution in [0.4, 0.5) is 0 Å². The predicted octanol–water partition coefficient (Wildman–Crippen LogP) is 1.16. The van der Waals surface area contributed by atoms with Crippen molar-refractivity contribution < 1.29 is 9.53 Å². The van der Waals surface area contributed by atoms with Gasteiger partial charge in [0.15, 0.2) is 0 Å². The number of methoxy groups -OCH3 is 1. The summed E-state index contributed by atoms with van der Waals surface area (Å²) >= 11 is 0. The average molecular weight is 230 g/mol. The van der Waals surface area contributed by atoms with Crippen LogP contribution in [0, 0.1) is 5.41 Å². The average Bonchev–Trinajstić information content (AvgIpc) is 2.25. The first-order valence-electron chi connectivity index (χ1n) is 5.92. The van der Waals surface area contributed by atoms with Crippen LogP contribution < -0.4 is 10.6 Å². The van der Waals surface area contributed by atoms with Gasteiger partial charge in [0, 0.05) is 33.7 Å². The van der Waals surface area contributed by atoms with E-state index in [0.29, 0.717) is 6.42 Å². The molecule has 0 aromatic heterocycles. The van der Waals surface area contributed by atoms with Crippen LogP contribution in [0.15, 0.2) is 0 Å². The number of nitrogens with one attached hydrogen (secondary N) is 2. The molecule has 16 heavy (non-hydrogen) atoms. The van der Waals surface area contributed by atoms with E-state index in [1.54, 1.807) is 14.2 Å². The molecule has 0 aliphatic rings. The Labute approximate surface area is 99.1 Å². The number of amides is 1. The first-order valence-corrected chi connectivity index (χ1v) is 5.92. The standard InChI is InChI=1S/C12H26N2O2/c1-12(2,7-9-16-4)10-14-8-5-6-11(15)13-3/h14H,5-10H2,1-4H3,(H,13,15). The van der Waals surface area contributed by atoms with Gasteiger partial charge in [-0.05, 0) is 24.8 Å². The van der Waals surface area contributed by atoms with Gasteiger partial charge in [-0.3, -0.25) is 4.79 Å². The summed E-state index contributed by atoms with van der Waals surface area (Å²) in [7, 11) is 3.40. The first-order chi connectivity index (χ1) is 7.52. The van der Waals surface area contributed by atoms with Crippen LogP contribution in [0.1, 0.15) is 33.1 Å². The molecule has 0 saturated heterocycles. The van der Waals surface area contributed by atoms with Gasteiger partial charge in [0.1, 0.15) is 0 Å². The van der Waals surface area contributed by atoms with Crippen LogP contribution in [-0.2, 0) is 9.53 Å². The molecule has 0 fully saturated rings. The van der Waals surface area contributed by atoms with Gasteiger partial charge in [0.2, 0.25) is 5.91 Å². The normalized spacial score (nSPS) is 11.5. The van der Waals surface area contributed by atoms with Crippen molar-refractivity contribution in [3.63, 3.8) is 0 Å². The van der Waals surface area contributed by atoms with Crippen LogP contribution in [0.25, 0.3) is 0 Å². The van der Waals surface area contributed by atoms with Crippen molar-refractivity contribution in [1.29, 1.82) is 0 Å². The molecule has 0 aromatic carbocycles. The lowest BCUT2D eigenvalue weighted by Crippen LogP contribution is -2.31. The van der Waals surface area contributed by atoms with Gasteiger partial charge in [-0.15, -0.1) is 0 Å². The van der Waals surface area contributed by atoms with E-state index in [4.69, 9.17) is 4.74 Å². The van der Waals surface area contributed by atoms with Crippen molar-refractivity contribution in [3.8, 4) is 0 Å². The van der Waals surface area contributed by atoms with Crippen LogP contribution in [0.3, 0.4) is 0 Å². The van der Waals surface area contributed by atoms with Gasteiger partial charge >= 0.3 is 0 Å². The Morgan fingerprint density at radius 1 is 1.38 bits per heavy atom. The van der Waals surface area contributed by atoms with Crippen molar-refractivity contribution >= 4 is 5.91 Å². The Hall–Kier alpha value is -0.610. The van der Waals surface area contributed by atoms with Crippen LogP contribution in [0.5, 0.6) is 0 Å². The van der Waals surface area contributed by atoms with Gasteiger partial charge < -0.3 is 15.4 Å². The lowest BCUT2D eigenvalue weighted by atomic mass is 9.90. The third-order valence-corrected chi connectivity index (χ3v) is 2.62. The molecule has 1 amide bonds. The number of rotatable bonds is 9. The summed E-state index contributed by atoms with van der Waals surface area (Å²) < 4.78 is 5.07. The van der Waals surface area contributed by atoms with E-state index >= 15 is 0 Å². The zero-order chi connectivity index (χ0) is 12.4. The number of hydrogen-bond donors (Lipinski definition) is 2. The summed E-state index contributed by atoms with van der Waals surface area (Å²) in [6, 6.07) is 0. The number of carbonyl (C=O) groups is 1. The molecule has 0 aliphatic carbocycles. The molecule has 0 rings (SSSR count). The molecule has 0 bridgehead atoms. The summed E-state index contributed by atoms with van der Waals surface area (Å²) in [4.78, 5) is 11.0. The van der Waals surface area contributed by atoms with E-state index in [9.17, 15) is 4.79 Å². The minimum absolute atomic E-state index is 0.112. The van der Waals surface area contributed by atoms with Gasteiger partial charge in [-0.1, -0.05) is 13.8 Å². The molecule has 0 heterocycles. The van der Waals surface area contributed by atoms with Crippen molar-refractivity contribution in [2.75, 3.05) is 33.9 Å². The molecule has 4 nitrogen and oxygen atoms in total. The summed E-state index contributed by atoms with van der Waals surface area (Å²) in [6.07, 6.45) is 2.54. The second kappa shape index (κ2) is 8.53. The van der Waals surface area contributed by atoms with Crippen molar-refractivity contribution in [1.82, 2.24) is 10.6 Å². The zero-order valence-corrected chi connectivity index (χ0v) is 11.1. The summed E-state index contributed by atoms with van der Waals surface area (Å²) in [6.45, 7) is 7.09. The van der Waals surface area contributed by atoms with Gasteiger partial charge in [-0.2, -0.15) is 0 Å². The van der Waals surface area contributed by atoms with Crippen molar-refractivity contribution in [2.45, 2.75) is 33.1 Å². The highest BCUT2D eigenvalue weighted by molar-refractivity contribution is 5.75. The highest BCUT2D eigenvalue weighted by Crippen LogP contribution is 2.18. The third-order valence-electron chi connectivity index (χ3n) is 2.62. The van der Waals surface area contributed by atoms with Crippen LogP contribution >= 0.6 is 0 Å². The maximum atomic E-state index is 11.0. The Morgan fingerprint density at radius 2 is 2.06 bits per heavy atom. The molecule has 0 radical (unpaired) electrons. The monoisotopic (exact) mass is 230 g/mol. The molecular formula is C12H26N2O2. The Bertz CT molecular complexity index is 193. The largest absolute Gasteiger partial charge is 0.385 e. The first kappa shape index (κ1) is 15.4. The molecule has 2 N–H and O–H groups in total. The molecule has 0 aromatic rings. The van der Waals surface area contributed by atoms with Crippen LogP contribution in [0.2, 0.25) is 0 Å². The van der Waals surface area contributed by atoms with Gasteiger partial charge in [-0.25, -0.2) is 0 Å². The summed E-state index contributed by atoms with van der Waals surface area (Å²) in [5.74, 6) is 0.112. The maximum Gasteiger partial charge on any atom is 0.219 e. The van der Waals surface area contributed by atoms with E-state index < -0.39 is 0 Å². The number of hydrogen-bond acceptors (Lipinski definition) is 3. The summed E-state index contributed by atoms with van der Waals surface area (Å²) in [5, 5.41) is 6.00. The topological polar surface area (TPSA) is 50.4 Å². The fourth-order valence-corrected chi connectivity index (χ4v) is 1.39. The molecule has 4 heteroatoms. The highest BCUT2D eigenvalue weighted by Gasteiger charge is 2.16. The van der Waals surface area contributed by atoms with Crippen molar-refractivity contribution in [3.05, 3.63) is 0 Å². The number of ether oxygens (including phenoxy) is 1. The smallest absolute Gasteiger partial charge is 0.219 e. The minimum atomic E-state index is 0.112. The SMILES string of the molecule is CNC(=O)CCCNCC(C)(C)CCOC. The van der Waals surface area contributed by atoms with E-state index in [2.05, 4.69) is 24.5 Å². The minimum Gasteiger partial charge on any atom is -0.385 e. The summed E-state index contributed by atoms with van der Waals surface area (Å²) in [5.41, 5.74) is 0.253. The third kappa shape index (κ3) is 8.68. The van der Waals surface area contributed by atoms with Gasteiger partial charge in [0.05, 0.1) is 0 Å². The second-order valence-electron chi connectivity index (χ2n) is 4.86. The predicted molar refractivity (Wildman–Crippen MR) is 66.4 cm³/mol. The van der Waals surface area contributed by atoms with E-state index in [-0.39, 0.29) is 11.3 Å².